The Balaban J connectivity index is 1.42. The molecule has 1 aromatic heterocycles. The van der Waals surface area contributed by atoms with Gasteiger partial charge in [0.1, 0.15) is 0 Å². The SMILES string of the molecule is CC(=O)n1cc([C@H]2C=C(C(=O)NC3CCCC3)O[C@@H](OCc3ccc(CO)cc3)C2)c2ccccc21. The fourth-order valence-corrected chi connectivity index (χ4v) is 5.15. The number of rotatable bonds is 7. The van der Waals surface area contributed by atoms with Crippen LogP contribution < -0.4 is 5.32 Å². The van der Waals surface area contributed by atoms with Crippen LogP contribution in [0.15, 0.2) is 66.6 Å². The molecule has 0 saturated heterocycles. The van der Waals surface area contributed by atoms with E-state index >= 15 is 0 Å². The van der Waals surface area contributed by atoms with Gasteiger partial charge in [0.2, 0.25) is 12.2 Å². The summed E-state index contributed by atoms with van der Waals surface area (Å²) in [7, 11) is 0. The van der Waals surface area contributed by atoms with Crippen molar-refractivity contribution in [3.8, 4) is 0 Å². The van der Waals surface area contributed by atoms with Gasteiger partial charge in [-0.25, -0.2) is 0 Å². The van der Waals surface area contributed by atoms with Crippen LogP contribution >= 0.6 is 0 Å². The number of para-hydroxylation sites is 1. The number of aliphatic hydroxyl groups is 1. The van der Waals surface area contributed by atoms with Crippen LogP contribution in [0.5, 0.6) is 0 Å². The number of amides is 1. The highest BCUT2D eigenvalue weighted by Crippen LogP contribution is 2.37. The standard InChI is InChI=1S/C29H32N2O5/c1-19(33)31-16-25(24-8-4-5-9-26(24)31)22-14-27(29(34)30-23-6-2-3-7-23)36-28(15-22)35-18-21-12-10-20(17-32)11-13-21/h4-5,8-14,16,22-23,28,32H,2-3,6-7,15,17-18H2,1H3,(H,30,34)/t22-,28+/m0/s1. The van der Waals surface area contributed by atoms with Crippen molar-refractivity contribution in [2.24, 2.45) is 0 Å². The van der Waals surface area contributed by atoms with E-state index < -0.39 is 6.29 Å². The topological polar surface area (TPSA) is 89.8 Å². The van der Waals surface area contributed by atoms with Gasteiger partial charge in [-0.3, -0.25) is 14.2 Å². The summed E-state index contributed by atoms with van der Waals surface area (Å²) in [5.41, 5.74) is 3.60. The van der Waals surface area contributed by atoms with Crippen molar-refractivity contribution in [2.75, 3.05) is 0 Å². The molecule has 36 heavy (non-hydrogen) atoms. The Hall–Kier alpha value is -3.42. The average molecular weight is 489 g/mol. The summed E-state index contributed by atoms with van der Waals surface area (Å²) in [4.78, 5) is 25.5. The third-order valence-corrected chi connectivity index (χ3v) is 7.09. The number of carbonyl (C=O) groups is 2. The number of nitrogens with zero attached hydrogens (tertiary/aromatic N) is 1. The smallest absolute Gasteiger partial charge is 0.286 e. The Morgan fingerprint density at radius 3 is 2.53 bits per heavy atom. The van der Waals surface area contributed by atoms with Gasteiger partial charge in [0.15, 0.2) is 5.76 Å². The van der Waals surface area contributed by atoms with Gasteiger partial charge in [0.05, 0.1) is 18.7 Å². The van der Waals surface area contributed by atoms with Crippen molar-refractivity contribution in [2.45, 2.75) is 70.5 Å². The lowest BCUT2D eigenvalue weighted by Crippen LogP contribution is -2.37. The number of hydrogen-bond donors (Lipinski definition) is 2. The fraction of sp³-hybridized carbons (Fsp3) is 0.379. The second-order valence-corrected chi connectivity index (χ2v) is 9.65. The number of nitrogens with one attached hydrogen (secondary N) is 1. The van der Waals surface area contributed by atoms with Crippen molar-refractivity contribution in [3.05, 3.63) is 83.3 Å². The van der Waals surface area contributed by atoms with Crippen molar-refractivity contribution in [1.29, 1.82) is 0 Å². The molecule has 3 aromatic rings. The normalized spacial score (nSPS) is 20.2. The molecule has 1 fully saturated rings. The van der Waals surface area contributed by atoms with Crippen molar-refractivity contribution < 1.29 is 24.2 Å². The number of aromatic nitrogens is 1. The highest BCUT2D eigenvalue weighted by molar-refractivity contribution is 5.95. The molecule has 2 aromatic carbocycles. The van der Waals surface area contributed by atoms with Gasteiger partial charge in [-0.05, 0) is 41.7 Å². The molecule has 0 bridgehead atoms. The lowest BCUT2D eigenvalue weighted by Gasteiger charge is -2.29. The van der Waals surface area contributed by atoms with E-state index in [2.05, 4.69) is 5.32 Å². The number of fused-ring (bicyclic) bond motifs is 1. The average Bonchev–Trinajstić information content (AvgIpc) is 3.55. The first-order chi connectivity index (χ1) is 17.5. The first-order valence-corrected chi connectivity index (χ1v) is 12.6. The maximum absolute atomic E-state index is 13.2. The third kappa shape index (κ3) is 5.22. The van der Waals surface area contributed by atoms with Gasteiger partial charge in [0, 0.05) is 36.9 Å². The highest BCUT2D eigenvalue weighted by atomic mass is 16.7. The van der Waals surface area contributed by atoms with E-state index in [0.717, 1.165) is 53.3 Å². The molecule has 188 valence electrons. The zero-order valence-corrected chi connectivity index (χ0v) is 20.5. The van der Waals surface area contributed by atoms with Gasteiger partial charge < -0.3 is 19.9 Å². The molecule has 0 unspecified atom stereocenters. The van der Waals surface area contributed by atoms with Gasteiger partial charge in [-0.2, -0.15) is 0 Å². The molecule has 2 atom stereocenters. The Morgan fingerprint density at radius 2 is 1.81 bits per heavy atom. The number of carbonyl (C=O) groups excluding carboxylic acids is 2. The van der Waals surface area contributed by atoms with E-state index in [9.17, 15) is 14.7 Å². The van der Waals surface area contributed by atoms with Crippen LogP contribution in [-0.2, 0) is 27.5 Å². The minimum absolute atomic E-state index is 0.00726. The van der Waals surface area contributed by atoms with E-state index in [1.54, 1.807) is 11.5 Å². The van der Waals surface area contributed by atoms with Crippen molar-refractivity contribution in [3.63, 3.8) is 0 Å². The predicted octanol–water partition coefficient (Wildman–Crippen LogP) is 4.78. The van der Waals surface area contributed by atoms with E-state index in [4.69, 9.17) is 9.47 Å². The second-order valence-electron chi connectivity index (χ2n) is 9.65. The lowest BCUT2D eigenvalue weighted by atomic mass is 9.92. The summed E-state index contributed by atoms with van der Waals surface area (Å²) >= 11 is 0. The quantitative estimate of drug-likeness (QED) is 0.499. The number of aliphatic hydroxyl groups excluding tert-OH is 1. The largest absolute Gasteiger partial charge is 0.459 e. The first kappa shape index (κ1) is 24.3. The van der Waals surface area contributed by atoms with Crippen LogP contribution in [0.25, 0.3) is 10.9 Å². The molecule has 7 heteroatoms. The molecular formula is C29H32N2O5. The van der Waals surface area contributed by atoms with Crippen LogP contribution in [0.4, 0.5) is 0 Å². The molecular weight excluding hydrogens is 456 g/mol. The Bertz CT molecular complexity index is 1270. The number of allylic oxidation sites excluding steroid dienone is 1. The molecule has 5 rings (SSSR count). The molecule has 1 aliphatic carbocycles. The molecule has 1 aliphatic heterocycles. The summed E-state index contributed by atoms with van der Waals surface area (Å²) < 4.78 is 13.8. The maximum atomic E-state index is 13.2. The van der Waals surface area contributed by atoms with Crippen molar-refractivity contribution >= 4 is 22.7 Å². The molecule has 1 saturated carbocycles. The Kier molecular flexibility index (Phi) is 7.20. The number of benzene rings is 2. The molecule has 2 aliphatic rings. The Morgan fingerprint density at radius 1 is 1.08 bits per heavy atom. The first-order valence-electron chi connectivity index (χ1n) is 12.6. The van der Waals surface area contributed by atoms with Gasteiger partial charge >= 0.3 is 0 Å². The molecule has 1 amide bonds. The van der Waals surface area contributed by atoms with Gasteiger partial charge in [0.25, 0.3) is 5.91 Å². The molecule has 2 N–H and O–H groups in total. The van der Waals surface area contributed by atoms with Crippen LogP contribution in [0.2, 0.25) is 0 Å². The molecule has 2 heterocycles. The minimum Gasteiger partial charge on any atom is -0.459 e. The molecule has 0 spiro atoms. The van der Waals surface area contributed by atoms with E-state index in [1.165, 1.54) is 0 Å². The van der Waals surface area contributed by atoms with Gasteiger partial charge in [-0.1, -0.05) is 55.3 Å². The highest BCUT2D eigenvalue weighted by Gasteiger charge is 2.32. The predicted molar refractivity (Wildman–Crippen MR) is 136 cm³/mol. The summed E-state index contributed by atoms with van der Waals surface area (Å²) in [6.45, 7) is 1.85. The van der Waals surface area contributed by atoms with Crippen LogP contribution in [0, 0.1) is 0 Å². The molecule has 7 nitrogen and oxygen atoms in total. The van der Waals surface area contributed by atoms with Crippen LogP contribution in [0.1, 0.15) is 66.4 Å². The van der Waals surface area contributed by atoms with E-state index in [0.29, 0.717) is 13.0 Å². The third-order valence-electron chi connectivity index (χ3n) is 7.09. The fourth-order valence-electron chi connectivity index (χ4n) is 5.15. The number of hydrogen-bond acceptors (Lipinski definition) is 5. The zero-order valence-electron chi connectivity index (χ0n) is 20.5. The maximum Gasteiger partial charge on any atom is 0.286 e. The van der Waals surface area contributed by atoms with E-state index in [1.807, 2.05) is 60.8 Å². The van der Waals surface area contributed by atoms with Crippen LogP contribution in [0.3, 0.4) is 0 Å². The molecule has 0 radical (unpaired) electrons. The second kappa shape index (κ2) is 10.7. The summed E-state index contributed by atoms with van der Waals surface area (Å²) in [5.74, 6) is -0.177. The number of ether oxygens (including phenoxy) is 2. The van der Waals surface area contributed by atoms with Crippen LogP contribution in [-0.4, -0.2) is 33.8 Å². The van der Waals surface area contributed by atoms with Gasteiger partial charge in [-0.15, -0.1) is 0 Å². The lowest BCUT2D eigenvalue weighted by molar-refractivity contribution is -0.150. The summed E-state index contributed by atoms with van der Waals surface area (Å²) in [5, 5.41) is 13.4. The summed E-state index contributed by atoms with van der Waals surface area (Å²) in [6, 6.07) is 15.5. The summed E-state index contributed by atoms with van der Waals surface area (Å²) in [6.07, 6.45) is 7.85. The van der Waals surface area contributed by atoms with E-state index in [-0.39, 0.29) is 36.1 Å². The Labute approximate surface area is 210 Å². The van der Waals surface area contributed by atoms with Crippen molar-refractivity contribution in [1.82, 2.24) is 9.88 Å². The minimum atomic E-state index is -0.624. The monoisotopic (exact) mass is 488 g/mol. The zero-order chi connectivity index (χ0) is 25.1.